The van der Waals surface area contributed by atoms with Crippen molar-refractivity contribution < 1.29 is 29.6 Å². The molecule has 3 heterocycles. The number of aromatic amines is 1. The summed E-state index contributed by atoms with van der Waals surface area (Å²) < 4.78 is 6.66. The number of aromatic nitrogens is 1. The number of nitrogens with two attached hydrogens (primary N) is 2. The fraction of sp³-hybridized carbons (Fsp3) is 0.485. The average Bonchev–Trinajstić information content (AvgIpc) is 3.64. The number of nitrogens with zero attached hydrogens (tertiary/aromatic N) is 2. The standard InChI is InChI=1S/C33H38N6O6/c34-31(35)36-11-2-5-21(30(42)43)37-29(41)19-4-1-3-18-20-14-33(44)23-13-17-8-9-22(40)27-24(17)32(33,10-12-39(23)15-16-6-7-16)28(45-27)26(20)38-25(18)19/h1,3-4,8-9,16,21,23,28,38,40,44H,2,5-7,10-15H2,(H,37,41)(H,42,43)(H4,34,35,36)/t21-,23-,28-,32-,33+/m0/s1. The molecule has 236 valence electrons. The number of phenols is 1. The zero-order valence-electron chi connectivity index (χ0n) is 24.9. The quantitative estimate of drug-likeness (QED) is 0.107. The minimum atomic E-state index is -1.15. The van der Waals surface area contributed by atoms with Gasteiger partial charge in [0.15, 0.2) is 23.6 Å². The van der Waals surface area contributed by atoms with Gasteiger partial charge in [-0.1, -0.05) is 18.2 Å². The molecule has 1 saturated heterocycles. The number of fused-ring (bicyclic) bond motifs is 4. The Balaban J connectivity index is 1.20. The van der Waals surface area contributed by atoms with Gasteiger partial charge in [-0.05, 0) is 74.2 Å². The van der Waals surface area contributed by atoms with Crippen LogP contribution < -0.4 is 21.5 Å². The summed E-state index contributed by atoms with van der Waals surface area (Å²) >= 11 is 0. The van der Waals surface area contributed by atoms with E-state index in [1.165, 1.54) is 12.8 Å². The molecule has 5 atom stereocenters. The number of hydrogen-bond donors (Lipinski definition) is 7. The third-order valence-corrected chi connectivity index (χ3v) is 11.0. The number of rotatable bonds is 9. The molecule has 1 aromatic heterocycles. The number of guanidine groups is 1. The maximum atomic E-state index is 13.6. The fourth-order valence-electron chi connectivity index (χ4n) is 8.83. The summed E-state index contributed by atoms with van der Waals surface area (Å²) in [5.74, 6) is -0.558. The Kier molecular flexibility index (Phi) is 6.18. The van der Waals surface area contributed by atoms with Crippen LogP contribution in [0.3, 0.4) is 0 Å². The minimum absolute atomic E-state index is 0.0658. The second-order valence-corrected chi connectivity index (χ2v) is 13.5. The van der Waals surface area contributed by atoms with Crippen molar-refractivity contribution in [1.29, 1.82) is 0 Å². The van der Waals surface area contributed by atoms with E-state index in [9.17, 15) is 24.9 Å². The van der Waals surface area contributed by atoms with Gasteiger partial charge in [-0.2, -0.15) is 0 Å². The van der Waals surface area contributed by atoms with Gasteiger partial charge in [-0.15, -0.1) is 0 Å². The van der Waals surface area contributed by atoms with Crippen LogP contribution in [-0.4, -0.2) is 80.4 Å². The van der Waals surface area contributed by atoms with Gasteiger partial charge in [-0.3, -0.25) is 14.7 Å². The molecule has 1 saturated carbocycles. The lowest BCUT2D eigenvalue weighted by Gasteiger charge is -2.62. The third-order valence-electron chi connectivity index (χ3n) is 11.0. The Labute approximate surface area is 259 Å². The minimum Gasteiger partial charge on any atom is -0.504 e. The Hall–Kier alpha value is -4.29. The van der Waals surface area contributed by atoms with Crippen LogP contribution >= 0.6 is 0 Å². The molecule has 2 aliphatic heterocycles. The Morgan fingerprint density at radius 3 is 2.80 bits per heavy atom. The summed E-state index contributed by atoms with van der Waals surface area (Å²) in [6, 6.07) is 7.82. The van der Waals surface area contributed by atoms with Crippen molar-refractivity contribution in [3.8, 4) is 11.5 Å². The first-order chi connectivity index (χ1) is 21.6. The maximum absolute atomic E-state index is 13.6. The number of aliphatic carboxylic acids is 1. The van der Waals surface area contributed by atoms with Gasteiger partial charge < -0.3 is 41.8 Å². The predicted molar refractivity (Wildman–Crippen MR) is 165 cm³/mol. The van der Waals surface area contributed by atoms with Crippen molar-refractivity contribution in [1.82, 2.24) is 15.2 Å². The number of H-pyrrole nitrogens is 1. The number of carboxylic acids is 1. The van der Waals surface area contributed by atoms with Gasteiger partial charge in [0.25, 0.3) is 5.91 Å². The van der Waals surface area contributed by atoms with E-state index >= 15 is 0 Å². The molecule has 2 aromatic carbocycles. The average molecular weight is 615 g/mol. The van der Waals surface area contributed by atoms with E-state index < -0.39 is 35.0 Å². The summed E-state index contributed by atoms with van der Waals surface area (Å²) in [4.78, 5) is 35.5. The number of carbonyl (C=O) groups is 2. The van der Waals surface area contributed by atoms with Crippen molar-refractivity contribution in [3.05, 3.63) is 58.3 Å². The van der Waals surface area contributed by atoms with Crippen LogP contribution in [0.2, 0.25) is 0 Å². The lowest BCUT2D eigenvalue weighted by molar-refractivity contribution is -0.173. The van der Waals surface area contributed by atoms with Crippen LogP contribution in [0.15, 0.2) is 35.3 Å². The summed E-state index contributed by atoms with van der Waals surface area (Å²) in [6.45, 7) is 2.06. The zero-order valence-corrected chi connectivity index (χ0v) is 24.9. The molecule has 0 unspecified atom stereocenters. The number of aliphatic imine (C=N–C) groups is 1. The molecule has 5 aliphatic rings. The van der Waals surface area contributed by atoms with Crippen LogP contribution in [0, 0.1) is 5.92 Å². The highest BCUT2D eigenvalue weighted by Gasteiger charge is 2.73. The number of piperidine rings is 1. The molecular weight excluding hydrogens is 576 g/mol. The topological polar surface area (TPSA) is 200 Å². The molecule has 2 fully saturated rings. The molecule has 0 radical (unpaired) electrons. The van der Waals surface area contributed by atoms with Crippen LogP contribution in [0.5, 0.6) is 11.5 Å². The van der Waals surface area contributed by atoms with Crippen molar-refractivity contribution >= 4 is 28.7 Å². The summed E-state index contributed by atoms with van der Waals surface area (Å²) in [7, 11) is 0. The Morgan fingerprint density at radius 2 is 2.04 bits per heavy atom. The van der Waals surface area contributed by atoms with E-state index in [2.05, 4.69) is 20.2 Å². The van der Waals surface area contributed by atoms with E-state index in [1.54, 1.807) is 18.2 Å². The summed E-state index contributed by atoms with van der Waals surface area (Å²) in [5, 5.41) is 37.3. The monoisotopic (exact) mass is 614 g/mol. The highest BCUT2D eigenvalue weighted by Crippen LogP contribution is 2.69. The van der Waals surface area contributed by atoms with E-state index in [0.29, 0.717) is 48.4 Å². The number of aromatic hydroxyl groups is 1. The summed E-state index contributed by atoms with van der Waals surface area (Å²) in [5.41, 5.74) is 13.4. The van der Waals surface area contributed by atoms with Crippen molar-refractivity contribution in [2.24, 2.45) is 22.4 Å². The molecule has 12 heteroatoms. The zero-order chi connectivity index (χ0) is 31.2. The first-order valence-corrected chi connectivity index (χ1v) is 15.8. The normalized spacial score (nSPS) is 28.1. The second kappa shape index (κ2) is 9.85. The third kappa shape index (κ3) is 4.01. The molecule has 45 heavy (non-hydrogen) atoms. The van der Waals surface area contributed by atoms with Crippen molar-refractivity contribution in [3.63, 3.8) is 0 Å². The van der Waals surface area contributed by atoms with Gasteiger partial charge in [0.2, 0.25) is 0 Å². The van der Waals surface area contributed by atoms with E-state index in [0.717, 1.165) is 40.9 Å². The Bertz CT molecular complexity index is 1780. The molecule has 3 aromatic rings. The van der Waals surface area contributed by atoms with E-state index in [1.807, 2.05) is 12.1 Å². The summed E-state index contributed by atoms with van der Waals surface area (Å²) in [6.07, 6.45) is 4.14. The van der Waals surface area contributed by atoms with Gasteiger partial charge in [0.05, 0.1) is 27.8 Å². The second-order valence-electron chi connectivity index (χ2n) is 13.5. The van der Waals surface area contributed by atoms with E-state index in [-0.39, 0.29) is 30.7 Å². The number of benzene rings is 2. The molecule has 9 N–H and O–H groups in total. The van der Waals surface area contributed by atoms with Crippen LogP contribution in [-0.2, 0) is 23.1 Å². The van der Waals surface area contributed by atoms with Crippen LogP contribution in [0.1, 0.15) is 71.0 Å². The maximum Gasteiger partial charge on any atom is 0.326 e. The van der Waals surface area contributed by atoms with Gasteiger partial charge in [0.1, 0.15) is 6.04 Å². The lowest BCUT2D eigenvalue weighted by atomic mass is 9.49. The largest absolute Gasteiger partial charge is 0.504 e. The van der Waals surface area contributed by atoms with Gasteiger partial charge in [0, 0.05) is 36.5 Å². The number of hydrogen-bond acceptors (Lipinski definition) is 7. The highest BCUT2D eigenvalue weighted by molar-refractivity contribution is 6.08. The number of amides is 1. The molecule has 3 aliphatic carbocycles. The van der Waals surface area contributed by atoms with Crippen molar-refractivity contribution in [2.45, 2.75) is 74.1 Å². The molecule has 2 bridgehead atoms. The smallest absolute Gasteiger partial charge is 0.326 e. The number of carboxylic acid groups (broad SMARTS) is 1. The molecule has 12 nitrogen and oxygen atoms in total. The first-order valence-electron chi connectivity index (χ1n) is 15.8. The van der Waals surface area contributed by atoms with Crippen molar-refractivity contribution in [2.75, 3.05) is 19.6 Å². The molecular formula is C33H38N6O6. The first kappa shape index (κ1) is 28.2. The highest BCUT2D eigenvalue weighted by atomic mass is 16.5. The molecule has 8 rings (SSSR count). The number of ether oxygens (including phenoxy) is 1. The number of phenolic OH excluding ortho intramolecular Hbond substituents is 1. The number of aliphatic hydroxyl groups is 1. The Morgan fingerprint density at radius 1 is 1.22 bits per heavy atom. The number of para-hydroxylation sites is 1. The lowest BCUT2D eigenvalue weighted by Crippen LogP contribution is -2.74. The van der Waals surface area contributed by atoms with E-state index in [4.69, 9.17) is 16.2 Å². The predicted octanol–water partition coefficient (Wildman–Crippen LogP) is 1.81. The number of carbonyl (C=O) groups excluding carboxylic acids is 1. The van der Waals surface area contributed by atoms with Gasteiger partial charge in [-0.25, -0.2) is 4.79 Å². The SMILES string of the molecule is NC(N)=NCCC[C@H](NC(=O)c1cccc2c3c([nH]c12)[C@@H]1Oc2c(O)ccc4c2[C@@]12CCN(CC1CC1)[C@@H](C4)[C@]2(O)C3)C(=O)O. The van der Waals surface area contributed by atoms with Crippen LogP contribution in [0.4, 0.5) is 0 Å². The molecule has 1 spiro atoms. The fourth-order valence-corrected chi connectivity index (χ4v) is 8.83. The van der Waals surface area contributed by atoms with Gasteiger partial charge >= 0.3 is 5.97 Å². The van der Waals surface area contributed by atoms with Crippen LogP contribution in [0.25, 0.3) is 10.9 Å². The molecule has 1 amide bonds. The number of likely N-dealkylation sites (tertiary alicyclic amines) is 1. The number of nitrogens with one attached hydrogen (secondary N) is 2.